The second-order valence-corrected chi connectivity index (χ2v) is 4.30. The van der Waals surface area contributed by atoms with Gasteiger partial charge in [-0.25, -0.2) is 0 Å². The molecule has 0 unspecified atom stereocenters. The third-order valence-corrected chi connectivity index (χ3v) is 4.15. The van der Waals surface area contributed by atoms with Crippen LogP contribution in [-0.2, 0) is 35.0 Å². The predicted octanol–water partition coefficient (Wildman–Crippen LogP) is 3.52. The first kappa shape index (κ1) is 30.7. The Morgan fingerprint density at radius 1 is 0.500 bits per heavy atom. The molecule has 18 heavy (non-hydrogen) atoms. The number of hydrogen-bond acceptors (Lipinski definition) is 0. The van der Waals surface area contributed by atoms with Gasteiger partial charge in [0.25, 0.3) is 0 Å². The molecule has 4 heteroatoms. The van der Waals surface area contributed by atoms with Gasteiger partial charge in [0.2, 0.25) is 0 Å². The van der Waals surface area contributed by atoms with Crippen LogP contribution < -0.4 is 0 Å². The molecule has 3 nitrogen and oxygen atoms in total. The predicted molar refractivity (Wildman–Crippen MR) is 64.0 cm³/mol. The van der Waals surface area contributed by atoms with Crippen molar-refractivity contribution < 1.29 is 35.0 Å². The molecule has 0 spiro atoms. The molecule has 1 fully saturated rings. The van der Waals surface area contributed by atoms with Gasteiger partial charge < -0.3 is 7.43 Å². The van der Waals surface area contributed by atoms with Crippen LogP contribution in [-0.4, -0.2) is 0 Å². The SMILES string of the molecule is CC1C(C)C(C)C(C)C1C.[C-]#[O+].[C-]#[O+].[C-]#[O+].[CH3-].[W+2]. The topological polar surface area (TPSA) is 59.7 Å². The van der Waals surface area contributed by atoms with Gasteiger partial charge in [0.1, 0.15) is 0 Å². The van der Waals surface area contributed by atoms with E-state index in [-0.39, 0.29) is 28.5 Å². The van der Waals surface area contributed by atoms with E-state index in [1.54, 1.807) is 0 Å². The summed E-state index contributed by atoms with van der Waals surface area (Å²) in [6, 6.07) is 0. The van der Waals surface area contributed by atoms with Crippen molar-refractivity contribution in [1.29, 1.82) is 0 Å². The second-order valence-electron chi connectivity index (χ2n) is 4.30. The monoisotopic (exact) mass is 423 g/mol. The molecule has 0 atom stereocenters. The number of rotatable bonds is 0. The summed E-state index contributed by atoms with van der Waals surface area (Å²) >= 11 is 0. The summed E-state index contributed by atoms with van der Waals surface area (Å²) in [5.74, 6) is 4.68. The second kappa shape index (κ2) is 19.3. The van der Waals surface area contributed by atoms with Crippen LogP contribution in [0, 0.1) is 57.0 Å². The standard InChI is InChI=1S/C10H20.3CO.CH3.W/c1-6-7(2)9(4)10(5)8(6)3;3*1-2;;/h6-10H,1-5H3;;;;1H3;/q;;;;-1;+2. The van der Waals surface area contributed by atoms with E-state index in [1.807, 2.05) is 0 Å². The van der Waals surface area contributed by atoms with Crippen molar-refractivity contribution in [3.05, 3.63) is 27.4 Å². The molecule has 0 saturated heterocycles. The van der Waals surface area contributed by atoms with Gasteiger partial charge in [0.15, 0.2) is 0 Å². The first-order chi connectivity index (χ1) is 7.55. The van der Waals surface area contributed by atoms with Crippen LogP contribution in [0.3, 0.4) is 0 Å². The molecule has 0 amide bonds. The average Bonchev–Trinajstić information content (AvgIpc) is 2.55. The van der Waals surface area contributed by atoms with Gasteiger partial charge in [-0.15, -0.1) is 0 Å². The van der Waals surface area contributed by atoms with E-state index in [4.69, 9.17) is 14.0 Å². The van der Waals surface area contributed by atoms with Gasteiger partial charge in [0.05, 0.1) is 0 Å². The molecule has 0 heterocycles. The van der Waals surface area contributed by atoms with Gasteiger partial charge >= 0.3 is 55.0 Å². The average molecular weight is 423 g/mol. The van der Waals surface area contributed by atoms with Gasteiger partial charge in [-0.1, -0.05) is 34.6 Å². The van der Waals surface area contributed by atoms with Crippen molar-refractivity contribution >= 4 is 0 Å². The van der Waals surface area contributed by atoms with Gasteiger partial charge in [-0.3, -0.25) is 0 Å². The summed E-state index contributed by atoms with van der Waals surface area (Å²) < 4.78 is 22.5. The van der Waals surface area contributed by atoms with E-state index in [9.17, 15) is 0 Å². The molecule has 0 aromatic heterocycles. The Morgan fingerprint density at radius 3 is 0.611 bits per heavy atom. The molecule has 1 saturated carbocycles. The minimum atomic E-state index is 0. The first-order valence-corrected chi connectivity index (χ1v) is 5.17. The third-order valence-electron chi connectivity index (χ3n) is 4.15. The van der Waals surface area contributed by atoms with Crippen LogP contribution in [0.5, 0.6) is 0 Å². The normalized spacial score (nSPS) is 31.2. The molecule has 0 radical (unpaired) electrons. The fourth-order valence-corrected chi connectivity index (χ4v) is 2.39. The van der Waals surface area contributed by atoms with E-state index in [0.717, 1.165) is 29.6 Å². The van der Waals surface area contributed by atoms with Crippen molar-refractivity contribution in [2.45, 2.75) is 34.6 Å². The van der Waals surface area contributed by atoms with Gasteiger partial charge in [-0.05, 0) is 29.6 Å². The maximum absolute atomic E-state index is 7.50. The van der Waals surface area contributed by atoms with E-state index in [0.29, 0.717) is 0 Å². The molecule has 1 aliphatic carbocycles. The smallest absolute Gasteiger partial charge is 0.358 e. The van der Waals surface area contributed by atoms with Crippen LogP contribution in [0.25, 0.3) is 0 Å². The molecular formula is C14H23O3W+. The fourth-order valence-electron chi connectivity index (χ4n) is 2.39. The van der Waals surface area contributed by atoms with Crippen molar-refractivity contribution in [3.63, 3.8) is 0 Å². The van der Waals surface area contributed by atoms with E-state index >= 15 is 0 Å². The van der Waals surface area contributed by atoms with Crippen LogP contribution in [0.4, 0.5) is 0 Å². The zero-order chi connectivity index (χ0) is 13.9. The molecule has 0 bridgehead atoms. The summed E-state index contributed by atoms with van der Waals surface area (Å²) in [4.78, 5) is 0. The Labute approximate surface area is 127 Å². The molecule has 1 rings (SSSR count). The summed E-state index contributed by atoms with van der Waals surface area (Å²) in [7, 11) is 0. The Balaban J connectivity index is -0.0000000623. The van der Waals surface area contributed by atoms with Gasteiger partial charge in [0, 0.05) is 0 Å². The molecule has 1 aliphatic rings. The maximum atomic E-state index is 7.50. The Morgan fingerprint density at radius 2 is 0.556 bits per heavy atom. The molecule has 0 aliphatic heterocycles. The van der Waals surface area contributed by atoms with Crippen molar-refractivity contribution in [2.24, 2.45) is 29.6 Å². The van der Waals surface area contributed by atoms with Crippen molar-refractivity contribution in [2.75, 3.05) is 0 Å². The van der Waals surface area contributed by atoms with Crippen LogP contribution >= 0.6 is 0 Å². The maximum Gasteiger partial charge on any atom is 2.00 e. The van der Waals surface area contributed by atoms with Crippen LogP contribution in [0.15, 0.2) is 0 Å². The quantitative estimate of drug-likeness (QED) is 0.423. The van der Waals surface area contributed by atoms with E-state index < -0.39 is 0 Å². The molecule has 102 valence electrons. The molecular weight excluding hydrogens is 400 g/mol. The zero-order valence-corrected chi connectivity index (χ0v) is 15.0. The molecule has 0 aromatic carbocycles. The van der Waals surface area contributed by atoms with E-state index in [1.165, 1.54) is 0 Å². The minimum absolute atomic E-state index is 0. The Hall–Kier alpha value is -0.0917. The largest absolute Gasteiger partial charge is 2.00 e. The van der Waals surface area contributed by atoms with Gasteiger partial charge in [-0.2, -0.15) is 0 Å². The molecule has 0 N–H and O–H groups in total. The minimum Gasteiger partial charge on any atom is -0.358 e. The van der Waals surface area contributed by atoms with E-state index in [2.05, 4.69) is 54.6 Å². The molecule has 0 aromatic rings. The third kappa shape index (κ3) is 8.92. The summed E-state index contributed by atoms with van der Waals surface area (Å²) in [5.41, 5.74) is 0. The van der Waals surface area contributed by atoms with Crippen LogP contribution in [0.2, 0.25) is 0 Å². The first-order valence-electron chi connectivity index (χ1n) is 5.17. The summed E-state index contributed by atoms with van der Waals surface area (Å²) in [6.45, 7) is 25.5. The van der Waals surface area contributed by atoms with Crippen molar-refractivity contribution in [1.82, 2.24) is 0 Å². The van der Waals surface area contributed by atoms with Crippen molar-refractivity contribution in [3.8, 4) is 0 Å². The summed E-state index contributed by atoms with van der Waals surface area (Å²) in [6.07, 6.45) is 0. The fraction of sp³-hybridized carbons (Fsp3) is 0.714. The zero-order valence-electron chi connectivity index (χ0n) is 12.0. The summed E-state index contributed by atoms with van der Waals surface area (Å²) in [5, 5.41) is 0. The Bertz CT molecular complexity index is 164. The Kier molecular flexibility index (Phi) is 32.9. The van der Waals surface area contributed by atoms with Crippen LogP contribution in [0.1, 0.15) is 34.6 Å². The number of hydrogen-bond donors (Lipinski definition) is 0.